The van der Waals surface area contributed by atoms with Crippen LogP contribution >= 0.6 is 0 Å². The SMILES string of the molecule is CN1C=CC(c2c(-c3ccc(F)cc3)ncn2C2CCNCC2)=NC1. The van der Waals surface area contributed by atoms with Crippen LogP contribution in [0.4, 0.5) is 4.39 Å². The van der Waals surface area contributed by atoms with E-state index in [0.717, 1.165) is 48.6 Å². The predicted molar refractivity (Wildman–Crippen MR) is 97.1 cm³/mol. The van der Waals surface area contributed by atoms with E-state index < -0.39 is 0 Å². The van der Waals surface area contributed by atoms with Gasteiger partial charge in [-0.2, -0.15) is 0 Å². The molecule has 4 rings (SSSR count). The fourth-order valence-electron chi connectivity index (χ4n) is 3.43. The van der Waals surface area contributed by atoms with Crippen LogP contribution in [0, 0.1) is 5.82 Å². The number of piperidine rings is 1. The van der Waals surface area contributed by atoms with Crippen LogP contribution in [0.15, 0.2) is 47.9 Å². The highest BCUT2D eigenvalue weighted by molar-refractivity contribution is 6.11. The van der Waals surface area contributed by atoms with Gasteiger partial charge in [0.15, 0.2) is 0 Å². The summed E-state index contributed by atoms with van der Waals surface area (Å²) in [5.41, 5.74) is 3.75. The average Bonchev–Trinajstić information content (AvgIpc) is 3.09. The van der Waals surface area contributed by atoms with E-state index in [1.165, 1.54) is 12.1 Å². The van der Waals surface area contributed by atoms with Crippen LogP contribution in [-0.4, -0.2) is 47.0 Å². The van der Waals surface area contributed by atoms with Gasteiger partial charge in [-0.15, -0.1) is 0 Å². The molecule has 25 heavy (non-hydrogen) atoms. The standard InChI is InChI=1S/C19H22FN5/c1-24-11-8-17(22-12-24)19-18(14-2-4-15(20)5-3-14)23-13-25(19)16-6-9-21-10-7-16/h2-5,8,11,13,16,21H,6-7,9-10,12H2,1H3. The topological polar surface area (TPSA) is 45.5 Å². The largest absolute Gasteiger partial charge is 0.361 e. The molecule has 0 amide bonds. The lowest BCUT2D eigenvalue weighted by Crippen LogP contribution is -2.30. The molecule has 2 aliphatic rings. The van der Waals surface area contributed by atoms with E-state index in [9.17, 15) is 4.39 Å². The van der Waals surface area contributed by atoms with Gasteiger partial charge in [0.25, 0.3) is 0 Å². The van der Waals surface area contributed by atoms with Crippen LogP contribution in [0.1, 0.15) is 24.6 Å². The van der Waals surface area contributed by atoms with E-state index in [4.69, 9.17) is 4.99 Å². The van der Waals surface area contributed by atoms with E-state index in [2.05, 4.69) is 14.9 Å². The van der Waals surface area contributed by atoms with Crippen LogP contribution in [0.2, 0.25) is 0 Å². The smallest absolute Gasteiger partial charge is 0.123 e. The van der Waals surface area contributed by atoms with Gasteiger partial charge in [0, 0.05) is 24.9 Å². The molecule has 1 aromatic carbocycles. The molecule has 1 aromatic heterocycles. The van der Waals surface area contributed by atoms with Gasteiger partial charge in [0.1, 0.15) is 12.5 Å². The Kier molecular flexibility index (Phi) is 4.36. The van der Waals surface area contributed by atoms with Crippen molar-refractivity contribution in [2.45, 2.75) is 18.9 Å². The molecule has 130 valence electrons. The molecule has 0 saturated carbocycles. The monoisotopic (exact) mass is 339 g/mol. The minimum absolute atomic E-state index is 0.236. The molecule has 6 heteroatoms. The van der Waals surface area contributed by atoms with Crippen LogP contribution in [0.5, 0.6) is 0 Å². The van der Waals surface area contributed by atoms with Crippen molar-refractivity contribution in [3.63, 3.8) is 0 Å². The molecule has 1 fully saturated rings. The van der Waals surface area contributed by atoms with E-state index in [0.29, 0.717) is 12.7 Å². The molecular weight excluding hydrogens is 317 g/mol. The van der Waals surface area contributed by atoms with Crippen LogP contribution in [-0.2, 0) is 0 Å². The zero-order valence-corrected chi connectivity index (χ0v) is 14.3. The molecule has 1 saturated heterocycles. The number of aliphatic imine (C=N–C) groups is 1. The van der Waals surface area contributed by atoms with E-state index >= 15 is 0 Å². The van der Waals surface area contributed by atoms with Crippen LogP contribution in [0.25, 0.3) is 11.3 Å². The highest BCUT2D eigenvalue weighted by Crippen LogP contribution is 2.29. The molecule has 0 radical (unpaired) electrons. The Balaban J connectivity index is 1.80. The molecule has 0 spiro atoms. The second-order valence-corrected chi connectivity index (χ2v) is 6.59. The summed E-state index contributed by atoms with van der Waals surface area (Å²) in [7, 11) is 2.00. The maximum Gasteiger partial charge on any atom is 0.123 e. The van der Waals surface area contributed by atoms with Gasteiger partial charge in [-0.25, -0.2) is 9.37 Å². The number of hydrogen-bond donors (Lipinski definition) is 1. The van der Waals surface area contributed by atoms with E-state index in [1.807, 2.05) is 30.6 Å². The van der Waals surface area contributed by atoms with Crippen molar-refractivity contribution < 1.29 is 4.39 Å². The third kappa shape index (κ3) is 3.22. The van der Waals surface area contributed by atoms with Gasteiger partial charge in [-0.3, -0.25) is 4.99 Å². The molecule has 2 aromatic rings. The highest BCUT2D eigenvalue weighted by Gasteiger charge is 2.24. The van der Waals surface area contributed by atoms with Crippen molar-refractivity contribution in [1.82, 2.24) is 19.8 Å². The Morgan fingerprint density at radius 3 is 2.60 bits per heavy atom. The van der Waals surface area contributed by atoms with E-state index in [-0.39, 0.29) is 5.82 Å². The van der Waals surface area contributed by atoms with Crippen molar-refractivity contribution in [1.29, 1.82) is 0 Å². The van der Waals surface area contributed by atoms with Gasteiger partial charge >= 0.3 is 0 Å². The third-order valence-electron chi connectivity index (χ3n) is 4.81. The first-order valence-corrected chi connectivity index (χ1v) is 8.69. The first kappa shape index (κ1) is 16.0. The lowest BCUT2D eigenvalue weighted by Gasteiger charge is -2.26. The summed E-state index contributed by atoms with van der Waals surface area (Å²) < 4.78 is 15.6. The van der Waals surface area contributed by atoms with Gasteiger partial charge in [0.2, 0.25) is 0 Å². The number of imidazole rings is 1. The normalized spacial score (nSPS) is 18.5. The van der Waals surface area contributed by atoms with Crippen molar-refractivity contribution >= 4 is 5.71 Å². The second kappa shape index (κ2) is 6.80. The number of halogens is 1. The average molecular weight is 339 g/mol. The summed E-state index contributed by atoms with van der Waals surface area (Å²) in [5, 5.41) is 3.41. The number of allylic oxidation sites excluding steroid dienone is 1. The van der Waals surface area contributed by atoms with Gasteiger partial charge in [-0.1, -0.05) is 0 Å². The quantitative estimate of drug-likeness (QED) is 0.935. The molecule has 0 atom stereocenters. The number of rotatable bonds is 3. The maximum atomic E-state index is 13.3. The van der Waals surface area contributed by atoms with Crippen molar-refractivity contribution in [2.75, 3.05) is 26.8 Å². The van der Waals surface area contributed by atoms with Gasteiger partial charge in [-0.05, 0) is 56.3 Å². The Morgan fingerprint density at radius 2 is 1.92 bits per heavy atom. The molecule has 3 heterocycles. The fraction of sp³-hybridized carbons (Fsp3) is 0.368. The second-order valence-electron chi connectivity index (χ2n) is 6.59. The van der Waals surface area contributed by atoms with Crippen molar-refractivity contribution in [3.8, 4) is 11.3 Å². The Labute approximate surface area is 146 Å². The number of aromatic nitrogens is 2. The number of nitrogens with zero attached hydrogens (tertiary/aromatic N) is 4. The highest BCUT2D eigenvalue weighted by atomic mass is 19.1. The number of nitrogens with one attached hydrogen (secondary N) is 1. The maximum absolute atomic E-state index is 13.3. The zero-order chi connectivity index (χ0) is 17.2. The van der Waals surface area contributed by atoms with Gasteiger partial charge < -0.3 is 14.8 Å². The van der Waals surface area contributed by atoms with Crippen LogP contribution in [0.3, 0.4) is 0 Å². The molecule has 2 aliphatic heterocycles. The first-order valence-electron chi connectivity index (χ1n) is 8.69. The summed E-state index contributed by atoms with van der Waals surface area (Å²) in [6.45, 7) is 2.66. The molecule has 5 nitrogen and oxygen atoms in total. The van der Waals surface area contributed by atoms with E-state index in [1.54, 1.807) is 12.1 Å². The zero-order valence-electron chi connectivity index (χ0n) is 14.3. The Hall–Kier alpha value is -2.47. The summed E-state index contributed by atoms with van der Waals surface area (Å²) in [5.74, 6) is -0.236. The summed E-state index contributed by atoms with van der Waals surface area (Å²) in [4.78, 5) is 11.4. The molecule has 0 bridgehead atoms. The lowest BCUT2D eigenvalue weighted by molar-refractivity contribution is 0.366. The molecule has 1 N–H and O–H groups in total. The first-order chi connectivity index (χ1) is 12.2. The number of benzene rings is 1. The summed E-state index contributed by atoms with van der Waals surface area (Å²) in [6.07, 6.45) is 8.13. The summed E-state index contributed by atoms with van der Waals surface area (Å²) in [6, 6.07) is 6.94. The Morgan fingerprint density at radius 1 is 1.16 bits per heavy atom. The molecule has 0 aliphatic carbocycles. The molecular formula is C19H22FN5. The number of hydrogen-bond acceptors (Lipinski definition) is 4. The van der Waals surface area contributed by atoms with Crippen molar-refractivity contribution in [2.24, 2.45) is 4.99 Å². The summed E-state index contributed by atoms with van der Waals surface area (Å²) >= 11 is 0. The lowest BCUT2D eigenvalue weighted by atomic mass is 10.0. The minimum Gasteiger partial charge on any atom is -0.361 e. The minimum atomic E-state index is -0.236. The third-order valence-corrected chi connectivity index (χ3v) is 4.81. The van der Waals surface area contributed by atoms with Gasteiger partial charge in [0.05, 0.1) is 23.4 Å². The predicted octanol–water partition coefficient (Wildman–Crippen LogP) is 2.82. The Bertz CT molecular complexity index is 800. The fourth-order valence-corrected chi connectivity index (χ4v) is 3.43. The van der Waals surface area contributed by atoms with Crippen molar-refractivity contribution in [3.05, 3.63) is 54.4 Å². The van der Waals surface area contributed by atoms with Crippen LogP contribution < -0.4 is 5.32 Å². The molecule has 0 unspecified atom stereocenters.